The molecule has 0 radical (unpaired) electrons. The van der Waals surface area contributed by atoms with Crippen LogP contribution in [0.5, 0.6) is 5.75 Å². The van der Waals surface area contributed by atoms with Gasteiger partial charge in [0.1, 0.15) is 5.75 Å². The molecule has 0 aromatic heterocycles. The van der Waals surface area contributed by atoms with E-state index < -0.39 is 0 Å². The van der Waals surface area contributed by atoms with Crippen LogP contribution in [0.4, 0.5) is 0 Å². The first kappa shape index (κ1) is 15.8. The van der Waals surface area contributed by atoms with Gasteiger partial charge in [0.05, 0.1) is 0 Å². The van der Waals surface area contributed by atoms with E-state index in [4.69, 9.17) is 4.74 Å². The number of ether oxygens (including phenoxy) is 1. The average molecular weight is 290 g/mol. The number of nitrogens with one attached hydrogen (secondary N) is 1. The molecule has 116 valence electrons. The summed E-state index contributed by atoms with van der Waals surface area (Å²) in [6.45, 7) is 11.2. The zero-order valence-electron chi connectivity index (χ0n) is 13.5. The van der Waals surface area contributed by atoms with Crippen LogP contribution in [0.25, 0.3) is 0 Å². The Morgan fingerprint density at radius 1 is 1.33 bits per heavy atom. The Bertz CT molecular complexity index is 477. The highest BCUT2D eigenvalue weighted by atomic mass is 16.5. The Morgan fingerprint density at radius 2 is 2.00 bits per heavy atom. The molecule has 1 amide bonds. The lowest BCUT2D eigenvalue weighted by Crippen LogP contribution is -2.53. The molecule has 0 spiro atoms. The number of amides is 1. The summed E-state index contributed by atoms with van der Waals surface area (Å²) < 4.78 is 5.63. The van der Waals surface area contributed by atoms with Crippen LogP contribution in [0.3, 0.4) is 0 Å². The number of hydrogen-bond donors (Lipinski definition) is 1. The number of hydrogen-bond acceptors (Lipinski definition) is 3. The molecule has 1 aliphatic heterocycles. The van der Waals surface area contributed by atoms with Crippen LogP contribution in [0.2, 0.25) is 0 Å². The molecule has 0 bridgehead atoms. The maximum Gasteiger partial charge on any atom is 0.260 e. The third-order valence-electron chi connectivity index (χ3n) is 3.90. The van der Waals surface area contributed by atoms with Gasteiger partial charge in [-0.15, -0.1) is 0 Å². The van der Waals surface area contributed by atoms with E-state index in [1.807, 2.05) is 17.0 Å². The quantitative estimate of drug-likeness (QED) is 0.928. The van der Waals surface area contributed by atoms with Gasteiger partial charge >= 0.3 is 0 Å². The predicted molar refractivity (Wildman–Crippen MR) is 84.7 cm³/mol. The molecule has 0 saturated carbocycles. The van der Waals surface area contributed by atoms with Crippen molar-refractivity contribution in [2.75, 3.05) is 26.2 Å². The van der Waals surface area contributed by atoms with Gasteiger partial charge in [-0.05, 0) is 30.0 Å². The second-order valence-corrected chi connectivity index (χ2v) is 6.70. The van der Waals surface area contributed by atoms with E-state index in [0.717, 1.165) is 25.4 Å². The molecule has 4 heteroatoms. The van der Waals surface area contributed by atoms with Crippen molar-refractivity contribution in [1.29, 1.82) is 0 Å². The van der Waals surface area contributed by atoms with E-state index in [0.29, 0.717) is 0 Å². The summed E-state index contributed by atoms with van der Waals surface area (Å²) in [4.78, 5) is 14.1. The fourth-order valence-corrected chi connectivity index (χ4v) is 2.49. The van der Waals surface area contributed by atoms with Crippen LogP contribution in [-0.4, -0.2) is 43.1 Å². The smallest absolute Gasteiger partial charge is 0.260 e. The second kappa shape index (κ2) is 6.48. The lowest BCUT2D eigenvalue weighted by molar-refractivity contribution is -0.136. The number of carbonyl (C=O) groups is 1. The van der Waals surface area contributed by atoms with Crippen molar-refractivity contribution in [1.82, 2.24) is 10.2 Å². The minimum Gasteiger partial charge on any atom is -0.484 e. The van der Waals surface area contributed by atoms with Crippen LogP contribution in [0.1, 0.15) is 33.3 Å². The van der Waals surface area contributed by atoms with Gasteiger partial charge in [0.25, 0.3) is 5.91 Å². The molecule has 1 saturated heterocycles. The van der Waals surface area contributed by atoms with Gasteiger partial charge in [-0.2, -0.15) is 0 Å². The van der Waals surface area contributed by atoms with Crippen molar-refractivity contribution >= 4 is 5.91 Å². The van der Waals surface area contributed by atoms with Gasteiger partial charge in [0, 0.05) is 25.7 Å². The Kier molecular flexibility index (Phi) is 4.88. The predicted octanol–water partition coefficient (Wildman–Crippen LogP) is 2.18. The molecule has 0 aliphatic carbocycles. The molecular weight excluding hydrogens is 264 g/mol. The summed E-state index contributed by atoms with van der Waals surface area (Å²) in [7, 11) is 0. The second-order valence-electron chi connectivity index (χ2n) is 6.70. The lowest BCUT2D eigenvalue weighted by Gasteiger charge is -2.33. The standard InChI is InChI=1S/C17H26N2O2/c1-13-11-18-9-10-19(13)16(20)12-21-15-7-5-14(6-8-15)17(2,3)4/h5-8,13,18H,9-12H2,1-4H3/t13-/m0/s1. The Hall–Kier alpha value is -1.55. The van der Waals surface area contributed by atoms with Gasteiger partial charge in [0.15, 0.2) is 6.61 Å². The number of carbonyl (C=O) groups excluding carboxylic acids is 1. The summed E-state index contributed by atoms with van der Waals surface area (Å²) in [5.41, 5.74) is 1.39. The maximum absolute atomic E-state index is 12.2. The molecule has 1 aromatic carbocycles. The van der Waals surface area contributed by atoms with Gasteiger partial charge in [-0.25, -0.2) is 0 Å². The summed E-state index contributed by atoms with van der Waals surface area (Å²) in [5, 5.41) is 3.28. The molecule has 1 N–H and O–H groups in total. The van der Waals surface area contributed by atoms with E-state index in [2.05, 4.69) is 45.1 Å². The number of nitrogens with zero attached hydrogens (tertiary/aromatic N) is 1. The van der Waals surface area contributed by atoms with E-state index in [1.165, 1.54) is 5.56 Å². The maximum atomic E-state index is 12.2. The molecule has 1 aromatic rings. The number of rotatable bonds is 3. The van der Waals surface area contributed by atoms with Crippen LogP contribution >= 0.6 is 0 Å². The zero-order chi connectivity index (χ0) is 15.5. The molecule has 21 heavy (non-hydrogen) atoms. The Balaban J connectivity index is 1.89. The number of piperazine rings is 1. The number of benzene rings is 1. The minimum atomic E-state index is 0.0592. The summed E-state index contributed by atoms with van der Waals surface area (Å²) >= 11 is 0. The van der Waals surface area contributed by atoms with Crippen LogP contribution in [0.15, 0.2) is 24.3 Å². The third kappa shape index (κ3) is 4.21. The summed E-state index contributed by atoms with van der Waals surface area (Å²) in [6, 6.07) is 8.24. The van der Waals surface area contributed by atoms with Crippen molar-refractivity contribution in [3.05, 3.63) is 29.8 Å². The SMILES string of the molecule is C[C@H]1CNCCN1C(=O)COc1ccc(C(C)(C)C)cc1. The largest absolute Gasteiger partial charge is 0.484 e. The van der Waals surface area contributed by atoms with Gasteiger partial charge in [-0.1, -0.05) is 32.9 Å². The first-order chi connectivity index (χ1) is 9.88. The average Bonchev–Trinajstić information content (AvgIpc) is 2.45. The Labute approximate surface area is 127 Å². The van der Waals surface area contributed by atoms with Crippen molar-refractivity contribution in [3.63, 3.8) is 0 Å². The first-order valence-corrected chi connectivity index (χ1v) is 7.61. The van der Waals surface area contributed by atoms with Crippen LogP contribution < -0.4 is 10.1 Å². The summed E-state index contributed by atoms with van der Waals surface area (Å²) in [5.74, 6) is 0.808. The van der Waals surface area contributed by atoms with Crippen molar-refractivity contribution < 1.29 is 9.53 Å². The summed E-state index contributed by atoms with van der Waals surface area (Å²) in [6.07, 6.45) is 0. The van der Waals surface area contributed by atoms with E-state index in [-0.39, 0.29) is 24.0 Å². The Morgan fingerprint density at radius 3 is 2.57 bits per heavy atom. The minimum absolute atomic E-state index is 0.0592. The molecule has 1 atom stereocenters. The fraction of sp³-hybridized carbons (Fsp3) is 0.588. The normalized spacial score (nSPS) is 19.4. The third-order valence-corrected chi connectivity index (χ3v) is 3.90. The highest BCUT2D eigenvalue weighted by Crippen LogP contribution is 2.24. The highest BCUT2D eigenvalue weighted by Gasteiger charge is 2.23. The lowest BCUT2D eigenvalue weighted by atomic mass is 9.87. The highest BCUT2D eigenvalue weighted by molar-refractivity contribution is 5.78. The van der Waals surface area contributed by atoms with Gasteiger partial charge in [-0.3, -0.25) is 4.79 Å². The van der Waals surface area contributed by atoms with Crippen molar-refractivity contribution in [2.24, 2.45) is 0 Å². The molecule has 1 fully saturated rings. The fourth-order valence-electron chi connectivity index (χ4n) is 2.49. The molecule has 2 rings (SSSR count). The monoisotopic (exact) mass is 290 g/mol. The van der Waals surface area contributed by atoms with Crippen LogP contribution in [0, 0.1) is 0 Å². The topological polar surface area (TPSA) is 41.6 Å². The molecule has 1 aliphatic rings. The molecule has 4 nitrogen and oxygen atoms in total. The van der Waals surface area contributed by atoms with E-state index in [1.54, 1.807) is 0 Å². The molecular formula is C17H26N2O2. The molecule has 1 heterocycles. The zero-order valence-corrected chi connectivity index (χ0v) is 13.5. The molecule has 0 unspecified atom stereocenters. The van der Waals surface area contributed by atoms with Crippen molar-refractivity contribution in [2.45, 2.75) is 39.2 Å². The first-order valence-electron chi connectivity index (χ1n) is 7.61. The van der Waals surface area contributed by atoms with Crippen molar-refractivity contribution in [3.8, 4) is 5.75 Å². The van der Waals surface area contributed by atoms with E-state index in [9.17, 15) is 4.79 Å². The van der Waals surface area contributed by atoms with Crippen LogP contribution in [-0.2, 0) is 10.2 Å². The van der Waals surface area contributed by atoms with Gasteiger partial charge < -0.3 is 15.0 Å². The van der Waals surface area contributed by atoms with Gasteiger partial charge in [0.2, 0.25) is 0 Å². The van der Waals surface area contributed by atoms with E-state index >= 15 is 0 Å².